The van der Waals surface area contributed by atoms with E-state index in [1.54, 1.807) is 0 Å². The SMILES string of the molecule is CC1CCCC(C(NN)c2ccccn2)C1. The average molecular weight is 219 g/mol. The summed E-state index contributed by atoms with van der Waals surface area (Å²) in [7, 11) is 0. The second-order valence-electron chi connectivity index (χ2n) is 4.93. The van der Waals surface area contributed by atoms with Crippen molar-refractivity contribution in [2.75, 3.05) is 0 Å². The molecule has 1 aromatic rings. The Kier molecular flexibility index (Phi) is 3.91. The predicted octanol–water partition coefficient (Wildman–Crippen LogP) is 2.41. The molecule has 3 atom stereocenters. The molecule has 1 heterocycles. The highest BCUT2D eigenvalue weighted by molar-refractivity contribution is 5.10. The fraction of sp³-hybridized carbons (Fsp3) is 0.615. The lowest BCUT2D eigenvalue weighted by Gasteiger charge is -2.32. The van der Waals surface area contributed by atoms with Crippen molar-refractivity contribution in [3.63, 3.8) is 0 Å². The van der Waals surface area contributed by atoms with Gasteiger partial charge < -0.3 is 0 Å². The van der Waals surface area contributed by atoms with Crippen LogP contribution >= 0.6 is 0 Å². The van der Waals surface area contributed by atoms with Gasteiger partial charge in [0, 0.05) is 6.20 Å². The third-order valence-corrected chi connectivity index (χ3v) is 3.63. The summed E-state index contributed by atoms with van der Waals surface area (Å²) in [6, 6.07) is 6.24. The first-order chi connectivity index (χ1) is 7.81. The molecule has 0 amide bonds. The van der Waals surface area contributed by atoms with E-state index in [1.807, 2.05) is 18.3 Å². The fourth-order valence-electron chi connectivity index (χ4n) is 2.81. The number of nitrogens with zero attached hydrogens (tertiary/aromatic N) is 1. The van der Waals surface area contributed by atoms with Crippen LogP contribution < -0.4 is 11.3 Å². The summed E-state index contributed by atoms with van der Waals surface area (Å²) >= 11 is 0. The zero-order chi connectivity index (χ0) is 11.4. The maximum Gasteiger partial charge on any atom is 0.0660 e. The van der Waals surface area contributed by atoms with E-state index in [1.165, 1.54) is 25.7 Å². The Bertz CT molecular complexity index is 312. The minimum Gasteiger partial charge on any atom is -0.271 e. The molecule has 88 valence electrons. The van der Waals surface area contributed by atoms with Crippen molar-refractivity contribution in [2.45, 2.75) is 38.6 Å². The Morgan fingerprint density at radius 1 is 1.44 bits per heavy atom. The number of nitrogens with one attached hydrogen (secondary N) is 1. The van der Waals surface area contributed by atoms with Crippen LogP contribution in [0, 0.1) is 11.8 Å². The number of hydrazine groups is 1. The van der Waals surface area contributed by atoms with Crippen LogP contribution in [-0.4, -0.2) is 4.98 Å². The summed E-state index contributed by atoms with van der Waals surface area (Å²) in [6.07, 6.45) is 7.03. The Morgan fingerprint density at radius 3 is 2.94 bits per heavy atom. The number of hydrogen-bond acceptors (Lipinski definition) is 3. The molecule has 3 heteroatoms. The van der Waals surface area contributed by atoms with E-state index in [-0.39, 0.29) is 6.04 Å². The zero-order valence-corrected chi connectivity index (χ0v) is 9.89. The molecule has 0 saturated heterocycles. The first-order valence-electron chi connectivity index (χ1n) is 6.18. The van der Waals surface area contributed by atoms with E-state index >= 15 is 0 Å². The highest BCUT2D eigenvalue weighted by Crippen LogP contribution is 2.35. The third kappa shape index (κ3) is 2.60. The van der Waals surface area contributed by atoms with Crippen molar-refractivity contribution in [2.24, 2.45) is 17.7 Å². The maximum atomic E-state index is 5.69. The van der Waals surface area contributed by atoms with E-state index in [9.17, 15) is 0 Å². The molecule has 2 rings (SSSR count). The van der Waals surface area contributed by atoms with Crippen molar-refractivity contribution in [3.05, 3.63) is 30.1 Å². The number of nitrogens with two attached hydrogens (primary N) is 1. The van der Waals surface area contributed by atoms with Crippen molar-refractivity contribution in [1.29, 1.82) is 0 Å². The third-order valence-electron chi connectivity index (χ3n) is 3.63. The maximum absolute atomic E-state index is 5.69. The van der Waals surface area contributed by atoms with Gasteiger partial charge in [0.25, 0.3) is 0 Å². The Morgan fingerprint density at radius 2 is 2.31 bits per heavy atom. The van der Waals surface area contributed by atoms with Crippen LogP contribution in [0.4, 0.5) is 0 Å². The van der Waals surface area contributed by atoms with Gasteiger partial charge in [-0.15, -0.1) is 0 Å². The van der Waals surface area contributed by atoms with E-state index in [0.29, 0.717) is 5.92 Å². The van der Waals surface area contributed by atoms with E-state index in [4.69, 9.17) is 5.84 Å². The molecule has 0 aliphatic heterocycles. The molecule has 1 aromatic heterocycles. The minimum absolute atomic E-state index is 0.212. The molecule has 3 unspecified atom stereocenters. The number of hydrogen-bond donors (Lipinski definition) is 2. The standard InChI is InChI=1S/C13H21N3/c1-10-5-4-6-11(9-10)13(16-14)12-7-2-3-8-15-12/h2-3,7-8,10-11,13,16H,4-6,9,14H2,1H3. The second kappa shape index (κ2) is 5.41. The van der Waals surface area contributed by atoms with Crippen LogP contribution in [0.15, 0.2) is 24.4 Å². The number of pyridine rings is 1. The molecule has 0 spiro atoms. The summed E-state index contributed by atoms with van der Waals surface area (Å²) in [6.45, 7) is 2.33. The molecule has 3 N–H and O–H groups in total. The normalized spacial score (nSPS) is 27.6. The van der Waals surface area contributed by atoms with Crippen LogP contribution in [0.1, 0.15) is 44.3 Å². The van der Waals surface area contributed by atoms with Gasteiger partial charge in [0.15, 0.2) is 0 Å². The lowest BCUT2D eigenvalue weighted by atomic mass is 9.78. The van der Waals surface area contributed by atoms with Gasteiger partial charge in [0.1, 0.15) is 0 Å². The van der Waals surface area contributed by atoms with Crippen molar-refractivity contribution in [3.8, 4) is 0 Å². The molecule has 1 fully saturated rings. The first-order valence-corrected chi connectivity index (χ1v) is 6.18. The molecule has 1 saturated carbocycles. The molecule has 16 heavy (non-hydrogen) atoms. The summed E-state index contributed by atoms with van der Waals surface area (Å²) in [5, 5.41) is 0. The lowest BCUT2D eigenvalue weighted by Crippen LogP contribution is -2.36. The highest BCUT2D eigenvalue weighted by Gasteiger charge is 2.27. The molecule has 0 bridgehead atoms. The fourth-order valence-corrected chi connectivity index (χ4v) is 2.81. The van der Waals surface area contributed by atoms with Gasteiger partial charge in [-0.3, -0.25) is 16.3 Å². The molecule has 0 radical (unpaired) electrons. The van der Waals surface area contributed by atoms with Gasteiger partial charge >= 0.3 is 0 Å². The zero-order valence-electron chi connectivity index (χ0n) is 9.89. The van der Waals surface area contributed by atoms with Crippen LogP contribution in [0.2, 0.25) is 0 Å². The molecular weight excluding hydrogens is 198 g/mol. The largest absolute Gasteiger partial charge is 0.271 e. The van der Waals surface area contributed by atoms with E-state index in [0.717, 1.165) is 11.6 Å². The summed E-state index contributed by atoms with van der Waals surface area (Å²) in [5.74, 6) is 7.14. The van der Waals surface area contributed by atoms with Crippen molar-refractivity contribution < 1.29 is 0 Å². The summed E-state index contributed by atoms with van der Waals surface area (Å²) in [4.78, 5) is 4.41. The monoisotopic (exact) mass is 219 g/mol. The smallest absolute Gasteiger partial charge is 0.0660 e. The first kappa shape index (κ1) is 11.6. The van der Waals surface area contributed by atoms with Gasteiger partial charge in [-0.2, -0.15) is 0 Å². The van der Waals surface area contributed by atoms with Crippen LogP contribution in [0.3, 0.4) is 0 Å². The number of aromatic nitrogens is 1. The van der Waals surface area contributed by atoms with E-state index < -0.39 is 0 Å². The van der Waals surface area contributed by atoms with Crippen LogP contribution in [0.5, 0.6) is 0 Å². The minimum atomic E-state index is 0.212. The Hall–Kier alpha value is -0.930. The van der Waals surface area contributed by atoms with Crippen molar-refractivity contribution in [1.82, 2.24) is 10.4 Å². The van der Waals surface area contributed by atoms with Crippen LogP contribution in [0.25, 0.3) is 0 Å². The van der Waals surface area contributed by atoms with Gasteiger partial charge in [-0.05, 0) is 36.8 Å². The molecule has 3 nitrogen and oxygen atoms in total. The molecule has 0 aromatic carbocycles. The lowest BCUT2D eigenvalue weighted by molar-refractivity contribution is 0.222. The Balaban J connectivity index is 2.10. The molecule has 1 aliphatic carbocycles. The number of rotatable bonds is 3. The highest BCUT2D eigenvalue weighted by atomic mass is 15.2. The van der Waals surface area contributed by atoms with Gasteiger partial charge in [0.2, 0.25) is 0 Å². The van der Waals surface area contributed by atoms with Gasteiger partial charge in [0.05, 0.1) is 11.7 Å². The second-order valence-corrected chi connectivity index (χ2v) is 4.93. The topological polar surface area (TPSA) is 50.9 Å². The molecule has 1 aliphatic rings. The average Bonchev–Trinajstić information content (AvgIpc) is 2.31. The Labute approximate surface area is 97.4 Å². The quantitative estimate of drug-likeness (QED) is 0.606. The van der Waals surface area contributed by atoms with Gasteiger partial charge in [-0.1, -0.05) is 25.8 Å². The van der Waals surface area contributed by atoms with Crippen molar-refractivity contribution >= 4 is 0 Å². The summed E-state index contributed by atoms with van der Waals surface area (Å²) in [5.41, 5.74) is 4.02. The van der Waals surface area contributed by atoms with E-state index in [2.05, 4.69) is 23.4 Å². The predicted molar refractivity (Wildman–Crippen MR) is 65.4 cm³/mol. The molecular formula is C13H21N3. The summed E-state index contributed by atoms with van der Waals surface area (Å²) < 4.78 is 0. The van der Waals surface area contributed by atoms with Crippen LogP contribution in [-0.2, 0) is 0 Å². The van der Waals surface area contributed by atoms with Gasteiger partial charge in [-0.25, -0.2) is 0 Å².